The van der Waals surface area contributed by atoms with Gasteiger partial charge in [0.05, 0.1) is 0 Å². The summed E-state index contributed by atoms with van der Waals surface area (Å²) < 4.78 is 0. The molecule has 0 aliphatic rings. The highest BCUT2D eigenvalue weighted by Crippen LogP contribution is 2.20. The number of nitrogen functional groups attached to an aromatic ring is 1. The fraction of sp³-hybridized carbons (Fsp3) is 0.294. The molecule has 2 aromatic carbocycles. The number of anilines is 1. The van der Waals surface area contributed by atoms with E-state index < -0.39 is 0 Å². The minimum Gasteiger partial charge on any atom is -0.399 e. The third kappa shape index (κ3) is 4.32. The van der Waals surface area contributed by atoms with Crippen LogP contribution in [-0.4, -0.2) is 0 Å². The second-order valence-electron chi connectivity index (χ2n) is 5.13. The van der Waals surface area contributed by atoms with E-state index in [0.29, 0.717) is 5.92 Å². The van der Waals surface area contributed by atoms with Gasteiger partial charge in [-0.1, -0.05) is 50.2 Å². The molecule has 0 unspecified atom stereocenters. The molecule has 2 aromatic rings. The highest BCUT2D eigenvalue weighted by Gasteiger charge is 2.00. The first-order valence-electron chi connectivity index (χ1n) is 6.66. The number of thioether (sulfide) groups is 1. The Bertz CT molecular complexity index is 500. The quantitative estimate of drug-likeness (QED) is 0.789. The maximum absolute atomic E-state index is 5.68. The largest absolute Gasteiger partial charge is 0.399 e. The molecule has 0 aromatic heterocycles. The van der Waals surface area contributed by atoms with Gasteiger partial charge in [-0.3, -0.25) is 0 Å². The molecule has 0 aliphatic heterocycles. The van der Waals surface area contributed by atoms with Gasteiger partial charge >= 0.3 is 0 Å². The molecule has 0 saturated heterocycles. The zero-order valence-corrected chi connectivity index (χ0v) is 12.4. The Hall–Kier alpha value is -1.41. The fourth-order valence-corrected chi connectivity index (χ4v) is 2.86. The lowest BCUT2D eigenvalue weighted by atomic mass is 10.0. The van der Waals surface area contributed by atoms with E-state index in [4.69, 9.17) is 5.73 Å². The van der Waals surface area contributed by atoms with E-state index in [-0.39, 0.29) is 0 Å². The molecule has 0 radical (unpaired) electrons. The van der Waals surface area contributed by atoms with Gasteiger partial charge in [0.2, 0.25) is 0 Å². The van der Waals surface area contributed by atoms with Crippen LogP contribution in [0.5, 0.6) is 0 Å². The molecular weight excluding hydrogens is 250 g/mol. The summed E-state index contributed by atoms with van der Waals surface area (Å²) in [5.41, 5.74) is 10.6. The molecule has 2 rings (SSSR count). The van der Waals surface area contributed by atoms with Gasteiger partial charge in [0, 0.05) is 17.2 Å². The van der Waals surface area contributed by atoms with Gasteiger partial charge in [-0.2, -0.15) is 11.8 Å². The van der Waals surface area contributed by atoms with Crippen molar-refractivity contribution in [2.45, 2.75) is 31.3 Å². The SMILES string of the molecule is CC(C)c1ccc(CSCc2ccc(N)cc2)cc1. The Balaban J connectivity index is 1.83. The van der Waals surface area contributed by atoms with E-state index in [1.165, 1.54) is 16.7 Å². The van der Waals surface area contributed by atoms with E-state index in [1.807, 2.05) is 23.9 Å². The molecule has 0 atom stereocenters. The lowest BCUT2D eigenvalue weighted by molar-refractivity contribution is 0.866. The van der Waals surface area contributed by atoms with Crippen molar-refractivity contribution >= 4 is 17.4 Å². The highest BCUT2D eigenvalue weighted by molar-refractivity contribution is 7.97. The molecule has 2 N–H and O–H groups in total. The summed E-state index contributed by atoms with van der Waals surface area (Å²) in [7, 11) is 0. The topological polar surface area (TPSA) is 26.0 Å². The molecule has 0 saturated carbocycles. The van der Waals surface area contributed by atoms with Crippen LogP contribution in [0.2, 0.25) is 0 Å². The van der Waals surface area contributed by atoms with Crippen LogP contribution >= 0.6 is 11.8 Å². The lowest BCUT2D eigenvalue weighted by Crippen LogP contribution is -1.89. The zero-order valence-electron chi connectivity index (χ0n) is 11.6. The molecule has 100 valence electrons. The standard InChI is InChI=1S/C17H21NS/c1-13(2)16-7-3-14(4-8-16)11-19-12-15-5-9-17(18)10-6-15/h3-10,13H,11-12,18H2,1-2H3. The second kappa shape index (κ2) is 6.67. The molecule has 0 heterocycles. The average Bonchev–Trinajstić information content (AvgIpc) is 2.41. The zero-order chi connectivity index (χ0) is 13.7. The van der Waals surface area contributed by atoms with Crippen LogP contribution in [0.3, 0.4) is 0 Å². The Morgan fingerprint density at radius 3 is 1.79 bits per heavy atom. The summed E-state index contributed by atoms with van der Waals surface area (Å²) in [5, 5.41) is 0. The number of nitrogens with two attached hydrogens (primary N) is 1. The Labute approximate surface area is 120 Å². The van der Waals surface area contributed by atoms with Crippen LogP contribution in [-0.2, 0) is 11.5 Å². The van der Waals surface area contributed by atoms with Gasteiger partial charge < -0.3 is 5.73 Å². The van der Waals surface area contributed by atoms with Gasteiger partial charge in [-0.15, -0.1) is 0 Å². The number of rotatable bonds is 5. The fourth-order valence-electron chi connectivity index (χ4n) is 1.90. The van der Waals surface area contributed by atoms with Crippen LogP contribution < -0.4 is 5.73 Å². The Kier molecular flexibility index (Phi) is 4.92. The van der Waals surface area contributed by atoms with E-state index in [9.17, 15) is 0 Å². The first-order valence-corrected chi connectivity index (χ1v) is 7.81. The Morgan fingerprint density at radius 1 is 0.842 bits per heavy atom. The smallest absolute Gasteiger partial charge is 0.0314 e. The summed E-state index contributed by atoms with van der Waals surface area (Å²) in [6.45, 7) is 4.45. The van der Waals surface area contributed by atoms with Crippen molar-refractivity contribution in [2.75, 3.05) is 5.73 Å². The van der Waals surface area contributed by atoms with Crippen LogP contribution in [0.25, 0.3) is 0 Å². The van der Waals surface area contributed by atoms with Gasteiger partial charge in [0.15, 0.2) is 0 Å². The summed E-state index contributed by atoms with van der Waals surface area (Å²) in [6, 6.07) is 17.1. The van der Waals surface area contributed by atoms with Crippen LogP contribution in [0, 0.1) is 0 Å². The molecule has 0 bridgehead atoms. The van der Waals surface area contributed by atoms with Crippen molar-refractivity contribution in [1.82, 2.24) is 0 Å². The molecule has 0 spiro atoms. The number of hydrogen-bond acceptors (Lipinski definition) is 2. The van der Waals surface area contributed by atoms with Gasteiger partial charge in [0.1, 0.15) is 0 Å². The van der Waals surface area contributed by atoms with Crippen molar-refractivity contribution < 1.29 is 0 Å². The Morgan fingerprint density at radius 2 is 1.32 bits per heavy atom. The lowest BCUT2D eigenvalue weighted by Gasteiger charge is -2.07. The van der Waals surface area contributed by atoms with Crippen molar-refractivity contribution in [3.8, 4) is 0 Å². The summed E-state index contributed by atoms with van der Waals surface area (Å²) in [6.07, 6.45) is 0. The van der Waals surface area contributed by atoms with Crippen molar-refractivity contribution in [3.05, 3.63) is 65.2 Å². The van der Waals surface area contributed by atoms with Crippen LogP contribution in [0.4, 0.5) is 5.69 Å². The first-order chi connectivity index (χ1) is 9.15. The molecule has 0 amide bonds. The maximum atomic E-state index is 5.68. The summed E-state index contributed by atoms with van der Waals surface area (Å²) in [5.74, 6) is 2.70. The first kappa shape index (κ1) is 14.0. The second-order valence-corrected chi connectivity index (χ2v) is 6.12. The molecular formula is C17H21NS. The third-order valence-corrected chi connectivity index (χ3v) is 4.24. The summed E-state index contributed by atoms with van der Waals surface area (Å²) in [4.78, 5) is 0. The monoisotopic (exact) mass is 271 g/mol. The predicted molar refractivity (Wildman–Crippen MR) is 86.4 cm³/mol. The molecule has 0 aliphatic carbocycles. The van der Waals surface area contributed by atoms with Gasteiger partial charge in [0.25, 0.3) is 0 Å². The number of hydrogen-bond donors (Lipinski definition) is 1. The normalized spacial score (nSPS) is 10.9. The van der Waals surface area contributed by atoms with Crippen LogP contribution in [0.1, 0.15) is 36.5 Å². The van der Waals surface area contributed by atoms with Crippen molar-refractivity contribution in [3.63, 3.8) is 0 Å². The van der Waals surface area contributed by atoms with Gasteiger partial charge in [-0.05, 0) is 34.7 Å². The predicted octanol–water partition coefficient (Wildman–Crippen LogP) is 4.83. The minimum atomic E-state index is 0.608. The molecule has 1 nitrogen and oxygen atoms in total. The van der Waals surface area contributed by atoms with Crippen molar-refractivity contribution in [2.24, 2.45) is 0 Å². The van der Waals surface area contributed by atoms with E-state index in [2.05, 4.69) is 50.2 Å². The van der Waals surface area contributed by atoms with E-state index in [0.717, 1.165) is 17.2 Å². The third-order valence-electron chi connectivity index (χ3n) is 3.16. The van der Waals surface area contributed by atoms with E-state index >= 15 is 0 Å². The molecule has 19 heavy (non-hydrogen) atoms. The van der Waals surface area contributed by atoms with Gasteiger partial charge in [-0.25, -0.2) is 0 Å². The average molecular weight is 271 g/mol. The van der Waals surface area contributed by atoms with Crippen LogP contribution in [0.15, 0.2) is 48.5 Å². The minimum absolute atomic E-state index is 0.608. The highest BCUT2D eigenvalue weighted by atomic mass is 32.2. The molecule has 0 fully saturated rings. The number of benzene rings is 2. The molecule has 2 heteroatoms. The van der Waals surface area contributed by atoms with E-state index in [1.54, 1.807) is 0 Å². The maximum Gasteiger partial charge on any atom is 0.0314 e. The summed E-state index contributed by atoms with van der Waals surface area (Å²) >= 11 is 1.94. The van der Waals surface area contributed by atoms with Crippen molar-refractivity contribution in [1.29, 1.82) is 0 Å².